The molecule has 0 bridgehead atoms. The monoisotopic (exact) mass is 531 g/mol. The molecule has 0 unspecified atom stereocenters. The van der Waals surface area contributed by atoms with Gasteiger partial charge in [0.25, 0.3) is 0 Å². The Balaban J connectivity index is 1.45. The molecule has 2 aliphatic rings. The number of carbonyl (C=O) groups is 1. The molecule has 1 N–H and O–H groups in total. The summed E-state index contributed by atoms with van der Waals surface area (Å²) in [5.41, 5.74) is 0.773. The Morgan fingerprint density at radius 1 is 1.11 bits per heavy atom. The Morgan fingerprint density at radius 2 is 1.78 bits per heavy atom. The molecule has 0 radical (unpaired) electrons. The second-order valence-corrected chi connectivity index (χ2v) is 11.2. The van der Waals surface area contributed by atoms with Crippen molar-refractivity contribution in [2.45, 2.75) is 18.4 Å². The molecular weight excluding hydrogens is 505 g/mol. The van der Waals surface area contributed by atoms with Crippen molar-refractivity contribution in [3.05, 3.63) is 48.2 Å². The van der Waals surface area contributed by atoms with Gasteiger partial charge in [0, 0.05) is 31.1 Å². The van der Waals surface area contributed by atoms with Crippen molar-refractivity contribution in [2.75, 3.05) is 45.8 Å². The first-order valence-corrected chi connectivity index (χ1v) is 13.5. The summed E-state index contributed by atoms with van der Waals surface area (Å²) in [6, 6.07) is 7.24. The zero-order chi connectivity index (χ0) is 26.2. The normalized spacial score (nSPS) is 22.7. The number of nitrogens with one attached hydrogen (secondary N) is 1. The number of morpholine rings is 1. The molecule has 37 heavy (non-hydrogen) atoms. The largest absolute Gasteiger partial charge is 0.378 e. The molecule has 11 nitrogen and oxygen atoms in total. The summed E-state index contributed by atoms with van der Waals surface area (Å²) < 4.78 is 54.9. The second-order valence-electron chi connectivity index (χ2n) is 9.27. The average molecular weight is 532 g/mol. The van der Waals surface area contributed by atoms with Gasteiger partial charge >= 0.3 is 0 Å². The number of carbonyl (C=O) groups excluding carboxylic acids is 1. The van der Waals surface area contributed by atoms with Gasteiger partial charge in [-0.05, 0) is 37.3 Å². The second kappa shape index (κ2) is 9.89. The number of sulfone groups is 1. The highest BCUT2D eigenvalue weighted by Crippen LogP contribution is 2.36. The molecule has 196 valence electrons. The number of amides is 1. The summed E-state index contributed by atoms with van der Waals surface area (Å²) in [5, 5.41) is -0.339. The topological polar surface area (TPSA) is 137 Å². The van der Waals surface area contributed by atoms with Crippen LogP contribution < -0.4 is 0 Å². The van der Waals surface area contributed by atoms with Crippen LogP contribution in [0.4, 0.5) is 4.39 Å². The van der Waals surface area contributed by atoms with Gasteiger partial charge in [0.15, 0.2) is 5.82 Å². The first-order valence-electron chi connectivity index (χ1n) is 11.6. The summed E-state index contributed by atoms with van der Waals surface area (Å²) in [6.07, 6.45) is 1.45. The third-order valence-electron chi connectivity index (χ3n) is 6.21. The molecule has 4 heterocycles. The van der Waals surface area contributed by atoms with Crippen LogP contribution >= 0.6 is 0 Å². The number of benzene rings is 1. The summed E-state index contributed by atoms with van der Waals surface area (Å²) in [7, 11) is -3.66. The smallest absolute Gasteiger partial charge is 0.247 e. The lowest BCUT2D eigenvalue weighted by molar-refractivity contribution is -0.235. The fourth-order valence-electron chi connectivity index (χ4n) is 4.20. The number of hydrogen-bond acceptors (Lipinski definition) is 9. The van der Waals surface area contributed by atoms with E-state index in [2.05, 4.69) is 19.9 Å². The van der Waals surface area contributed by atoms with Crippen molar-refractivity contribution in [2.24, 2.45) is 5.41 Å². The summed E-state index contributed by atoms with van der Waals surface area (Å²) >= 11 is 0. The Hall–Kier alpha value is -3.26. The highest BCUT2D eigenvalue weighted by atomic mass is 32.2. The van der Waals surface area contributed by atoms with Gasteiger partial charge in [0.1, 0.15) is 5.82 Å². The van der Waals surface area contributed by atoms with Crippen LogP contribution in [0.25, 0.3) is 22.6 Å². The van der Waals surface area contributed by atoms with E-state index < -0.39 is 27.4 Å². The zero-order valence-electron chi connectivity index (χ0n) is 20.3. The van der Waals surface area contributed by atoms with E-state index in [9.17, 15) is 17.6 Å². The Kier molecular flexibility index (Phi) is 6.79. The quantitative estimate of drug-likeness (QED) is 0.490. The van der Waals surface area contributed by atoms with Crippen molar-refractivity contribution in [3.63, 3.8) is 0 Å². The number of aromatic nitrogens is 4. The number of halogens is 1. The Bertz CT molecular complexity index is 1400. The van der Waals surface area contributed by atoms with Gasteiger partial charge in [-0.15, -0.1) is 0 Å². The number of imidazole rings is 1. The molecule has 3 aromatic rings. The predicted molar refractivity (Wildman–Crippen MR) is 128 cm³/mol. The zero-order valence-corrected chi connectivity index (χ0v) is 21.1. The lowest BCUT2D eigenvalue weighted by Crippen LogP contribution is -2.53. The SMILES string of the molecule is CC1(C(=O)N2CCOCC2)COC(c2nc(-c3ccc(F)cc3)c(-c3ccnc(S(C)(=O)=O)n3)[nH]2)OC1. The fraction of sp³-hybridized carbons (Fsp3) is 0.417. The van der Waals surface area contributed by atoms with Gasteiger partial charge in [-0.1, -0.05) is 0 Å². The molecule has 0 aliphatic carbocycles. The van der Waals surface area contributed by atoms with E-state index in [1.165, 1.54) is 18.3 Å². The average Bonchev–Trinajstić information content (AvgIpc) is 3.35. The van der Waals surface area contributed by atoms with Crippen LogP contribution in [0.15, 0.2) is 41.7 Å². The van der Waals surface area contributed by atoms with E-state index in [4.69, 9.17) is 14.2 Å². The maximum atomic E-state index is 13.6. The summed E-state index contributed by atoms with van der Waals surface area (Å²) in [6.45, 7) is 4.06. The van der Waals surface area contributed by atoms with Crippen LogP contribution in [0.3, 0.4) is 0 Å². The number of nitrogens with zero attached hydrogens (tertiary/aromatic N) is 4. The van der Waals surface area contributed by atoms with Crippen molar-refractivity contribution in [3.8, 4) is 22.6 Å². The van der Waals surface area contributed by atoms with Gasteiger partial charge < -0.3 is 24.1 Å². The van der Waals surface area contributed by atoms with Gasteiger partial charge in [0.05, 0.1) is 48.9 Å². The lowest BCUT2D eigenvalue weighted by Gasteiger charge is -2.39. The first-order chi connectivity index (χ1) is 17.6. The molecule has 13 heteroatoms. The van der Waals surface area contributed by atoms with Crippen LogP contribution in [0.2, 0.25) is 0 Å². The molecule has 1 amide bonds. The Morgan fingerprint density at radius 3 is 2.43 bits per heavy atom. The fourth-order valence-corrected chi connectivity index (χ4v) is 4.72. The molecule has 0 saturated carbocycles. The van der Waals surface area contributed by atoms with E-state index >= 15 is 0 Å². The molecule has 1 aromatic carbocycles. The minimum atomic E-state index is -3.66. The third-order valence-corrected chi connectivity index (χ3v) is 7.07. The van der Waals surface area contributed by atoms with Gasteiger partial charge in [-0.25, -0.2) is 27.8 Å². The molecule has 0 spiro atoms. The number of hydrogen-bond donors (Lipinski definition) is 1. The minimum absolute atomic E-state index is 0.0596. The van der Waals surface area contributed by atoms with E-state index in [1.54, 1.807) is 30.0 Å². The van der Waals surface area contributed by atoms with Crippen LogP contribution in [0.1, 0.15) is 19.0 Å². The van der Waals surface area contributed by atoms with E-state index in [0.717, 1.165) is 6.26 Å². The number of rotatable bonds is 5. The number of ether oxygens (including phenoxy) is 3. The van der Waals surface area contributed by atoms with E-state index in [0.29, 0.717) is 49.1 Å². The predicted octanol–water partition coefficient (Wildman–Crippen LogP) is 1.99. The van der Waals surface area contributed by atoms with Crippen LogP contribution in [0.5, 0.6) is 0 Å². The van der Waals surface area contributed by atoms with Crippen LogP contribution in [-0.2, 0) is 28.8 Å². The van der Waals surface area contributed by atoms with Crippen LogP contribution in [-0.4, -0.2) is 84.9 Å². The van der Waals surface area contributed by atoms with Crippen LogP contribution in [0, 0.1) is 11.2 Å². The molecule has 0 atom stereocenters. The lowest BCUT2D eigenvalue weighted by atomic mass is 9.90. The maximum Gasteiger partial charge on any atom is 0.247 e. The van der Waals surface area contributed by atoms with E-state index in [-0.39, 0.29) is 30.0 Å². The molecule has 2 aromatic heterocycles. The highest BCUT2D eigenvalue weighted by Gasteiger charge is 2.43. The molecule has 2 saturated heterocycles. The van der Waals surface area contributed by atoms with E-state index in [1.807, 2.05) is 0 Å². The standard InChI is InChI=1S/C24H26FN5O6S/c1-24(22(31)30-9-11-34-12-10-30)13-35-21(36-14-24)20-28-18(15-3-5-16(25)6-4-15)19(29-20)17-7-8-26-23(27-17)37(2,32)33/h3-8,21H,9-14H2,1-2H3,(H,28,29). The number of H-pyrrole nitrogens is 1. The van der Waals surface area contributed by atoms with Crippen molar-refractivity contribution in [1.82, 2.24) is 24.8 Å². The molecule has 2 fully saturated rings. The van der Waals surface area contributed by atoms with Crippen molar-refractivity contribution >= 4 is 15.7 Å². The maximum absolute atomic E-state index is 13.6. The van der Waals surface area contributed by atoms with Crippen molar-refractivity contribution in [1.29, 1.82) is 0 Å². The minimum Gasteiger partial charge on any atom is -0.378 e. The summed E-state index contributed by atoms with van der Waals surface area (Å²) in [5.74, 6) is -0.170. The van der Waals surface area contributed by atoms with Crippen molar-refractivity contribution < 1.29 is 31.8 Å². The summed E-state index contributed by atoms with van der Waals surface area (Å²) in [4.78, 5) is 30.6. The third kappa shape index (κ3) is 5.25. The molecule has 5 rings (SSSR count). The number of aromatic amines is 1. The highest BCUT2D eigenvalue weighted by molar-refractivity contribution is 7.90. The van der Waals surface area contributed by atoms with Gasteiger partial charge in [0.2, 0.25) is 27.2 Å². The molecular formula is C24H26FN5O6S. The van der Waals surface area contributed by atoms with Gasteiger partial charge in [-0.3, -0.25) is 4.79 Å². The molecule has 2 aliphatic heterocycles. The van der Waals surface area contributed by atoms with Gasteiger partial charge in [-0.2, -0.15) is 0 Å². The Labute approximate surface area is 212 Å². The first kappa shape index (κ1) is 25.4.